The van der Waals surface area contributed by atoms with Gasteiger partial charge in [-0.25, -0.2) is 12.8 Å². The average Bonchev–Trinajstić information content (AvgIpc) is 2.97. The number of benzene rings is 3. The Morgan fingerprint density at radius 3 is 2.26 bits per heavy atom. The minimum Gasteiger partial charge on any atom is -0.495 e. The highest BCUT2D eigenvalue weighted by molar-refractivity contribution is 7.92. The summed E-state index contributed by atoms with van der Waals surface area (Å²) in [4.78, 5) is 28.9. The highest BCUT2D eigenvalue weighted by atomic mass is 32.2. The zero-order valence-corrected chi connectivity index (χ0v) is 25.4. The van der Waals surface area contributed by atoms with Crippen molar-refractivity contribution < 1.29 is 27.1 Å². The number of para-hydroxylation sites is 2. The first-order valence-electron chi connectivity index (χ1n) is 14.0. The van der Waals surface area contributed by atoms with Crippen molar-refractivity contribution in [3.05, 3.63) is 95.8 Å². The Morgan fingerprint density at radius 2 is 1.62 bits per heavy atom. The molecule has 0 aliphatic rings. The van der Waals surface area contributed by atoms with Crippen molar-refractivity contribution in [3.63, 3.8) is 0 Å². The lowest BCUT2D eigenvalue weighted by atomic mass is 10.0. The van der Waals surface area contributed by atoms with Crippen LogP contribution in [0.3, 0.4) is 0 Å². The van der Waals surface area contributed by atoms with Crippen molar-refractivity contribution in [3.8, 4) is 5.75 Å². The fourth-order valence-corrected chi connectivity index (χ4v) is 5.59. The van der Waals surface area contributed by atoms with Crippen molar-refractivity contribution in [2.75, 3.05) is 24.2 Å². The summed E-state index contributed by atoms with van der Waals surface area (Å²) in [5, 5.41) is 2.99. The van der Waals surface area contributed by atoms with Crippen LogP contribution >= 0.6 is 0 Å². The van der Waals surface area contributed by atoms with Gasteiger partial charge in [-0.2, -0.15) is 0 Å². The van der Waals surface area contributed by atoms with Crippen LogP contribution in [-0.4, -0.2) is 57.1 Å². The number of amides is 2. The van der Waals surface area contributed by atoms with Gasteiger partial charge in [-0.1, -0.05) is 67.6 Å². The molecule has 0 aromatic heterocycles. The number of rotatable bonds is 15. The molecular weight excluding hydrogens is 557 g/mol. The zero-order chi connectivity index (χ0) is 30.7. The summed E-state index contributed by atoms with van der Waals surface area (Å²) in [6.07, 6.45) is 2.15. The van der Waals surface area contributed by atoms with Gasteiger partial charge in [0, 0.05) is 37.5 Å². The summed E-state index contributed by atoms with van der Waals surface area (Å²) in [6, 6.07) is 21.2. The number of carbonyl (C=O) groups is 2. The van der Waals surface area contributed by atoms with Gasteiger partial charge >= 0.3 is 0 Å². The monoisotopic (exact) mass is 597 g/mol. The third kappa shape index (κ3) is 9.04. The van der Waals surface area contributed by atoms with Crippen LogP contribution in [-0.2, 0) is 32.6 Å². The third-order valence-corrected chi connectivity index (χ3v) is 8.26. The van der Waals surface area contributed by atoms with Gasteiger partial charge in [0.25, 0.3) is 0 Å². The van der Waals surface area contributed by atoms with Gasteiger partial charge in [0.05, 0.1) is 19.1 Å². The first-order chi connectivity index (χ1) is 20.0. The molecule has 0 aliphatic carbocycles. The third-order valence-electron chi connectivity index (χ3n) is 7.08. The summed E-state index contributed by atoms with van der Waals surface area (Å²) in [7, 11) is -2.24. The van der Waals surface area contributed by atoms with Gasteiger partial charge in [-0.15, -0.1) is 0 Å². The standard InChI is InChI=1S/C32H40FN3O5S/c1-5-24(2)34-32(38)29(22-25-14-7-6-8-15-25)35(23-26-16-9-10-17-27(26)33)31(37)20-13-21-36(42(4,39)40)28-18-11-12-19-30(28)41-3/h6-12,14-19,24,29H,5,13,20-23H2,1-4H3,(H,34,38). The second-order valence-electron chi connectivity index (χ2n) is 10.2. The van der Waals surface area contributed by atoms with Gasteiger partial charge in [0.2, 0.25) is 21.8 Å². The van der Waals surface area contributed by atoms with Gasteiger partial charge in [0.1, 0.15) is 17.6 Å². The topological polar surface area (TPSA) is 96.0 Å². The van der Waals surface area contributed by atoms with Crippen LogP contribution in [0.15, 0.2) is 78.9 Å². The fourth-order valence-electron chi connectivity index (χ4n) is 4.62. The molecule has 0 saturated carbocycles. The van der Waals surface area contributed by atoms with E-state index in [1.165, 1.54) is 22.4 Å². The second kappa shape index (κ2) is 15.3. The molecule has 8 nitrogen and oxygen atoms in total. The van der Waals surface area contributed by atoms with E-state index in [0.29, 0.717) is 17.9 Å². The normalized spacial score (nSPS) is 12.7. The molecule has 2 unspecified atom stereocenters. The molecule has 0 spiro atoms. The van der Waals surface area contributed by atoms with E-state index in [0.717, 1.165) is 11.8 Å². The number of methoxy groups -OCH3 is 1. The van der Waals surface area contributed by atoms with E-state index in [9.17, 15) is 22.4 Å². The van der Waals surface area contributed by atoms with E-state index in [2.05, 4.69) is 5.32 Å². The Kier molecular flexibility index (Phi) is 11.9. The average molecular weight is 598 g/mol. The second-order valence-corrected chi connectivity index (χ2v) is 12.2. The lowest BCUT2D eigenvalue weighted by Gasteiger charge is -2.33. The van der Waals surface area contributed by atoms with Crippen LogP contribution in [0.1, 0.15) is 44.2 Å². The largest absolute Gasteiger partial charge is 0.495 e. The van der Waals surface area contributed by atoms with Crippen LogP contribution in [0.25, 0.3) is 0 Å². The van der Waals surface area contributed by atoms with E-state index in [-0.39, 0.29) is 55.8 Å². The molecule has 0 heterocycles. The minimum absolute atomic E-state index is 0.0148. The first kappa shape index (κ1) is 32.6. The zero-order valence-electron chi connectivity index (χ0n) is 24.6. The Balaban J connectivity index is 1.91. The molecule has 0 saturated heterocycles. The van der Waals surface area contributed by atoms with E-state index in [1.54, 1.807) is 42.5 Å². The van der Waals surface area contributed by atoms with Crippen LogP contribution in [0.2, 0.25) is 0 Å². The fraction of sp³-hybridized carbons (Fsp3) is 0.375. The maximum atomic E-state index is 14.8. The van der Waals surface area contributed by atoms with E-state index in [4.69, 9.17) is 4.74 Å². The number of carbonyl (C=O) groups excluding carboxylic acids is 2. The Labute approximate surface area is 248 Å². The van der Waals surface area contributed by atoms with Crippen molar-refractivity contribution in [2.24, 2.45) is 0 Å². The summed E-state index contributed by atoms with van der Waals surface area (Å²) in [5.41, 5.74) is 1.51. The van der Waals surface area contributed by atoms with Gasteiger partial charge in [-0.3, -0.25) is 13.9 Å². The molecular formula is C32H40FN3O5S. The number of anilines is 1. The number of hydrogen-bond donors (Lipinski definition) is 1. The quantitative estimate of drug-likeness (QED) is 0.268. The molecule has 226 valence electrons. The number of nitrogens with zero attached hydrogens (tertiary/aromatic N) is 2. The maximum absolute atomic E-state index is 14.8. The Bertz CT molecular complexity index is 1430. The number of nitrogens with one attached hydrogen (secondary N) is 1. The number of hydrogen-bond acceptors (Lipinski definition) is 5. The molecule has 3 rings (SSSR count). The Hall–Kier alpha value is -3.92. The summed E-state index contributed by atoms with van der Waals surface area (Å²) >= 11 is 0. The lowest BCUT2D eigenvalue weighted by molar-refractivity contribution is -0.141. The predicted octanol–water partition coefficient (Wildman–Crippen LogP) is 4.94. The number of ether oxygens (including phenoxy) is 1. The number of halogens is 1. The van der Waals surface area contributed by atoms with Crippen LogP contribution < -0.4 is 14.4 Å². The van der Waals surface area contributed by atoms with Gasteiger partial charge in [0.15, 0.2) is 0 Å². The molecule has 2 amide bonds. The highest BCUT2D eigenvalue weighted by Crippen LogP contribution is 2.30. The highest BCUT2D eigenvalue weighted by Gasteiger charge is 2.31. The summed E-state index contributed by atoms with van der Waals surface area (Å²) in [5.74, 6) is -0.799. The molecule has 3 aromatic carbocycles. The Morgan fingerprint density at radius 1 is 0.976 bits per heavy atom. The smallest absolute Gasteiger partial charge is 0.243 e. The summed E-state index contributed by atoms with van der Waals surface area (Å²) in [6.45, 7) is 3.74. The molecule has 0 aliphatic heterocycles. The van der Waals surface area contributed by atoms with Crippen LogP contribution in [0, 0.1) is 5.82 Å². The van der Waals surface area contributed by atoms with E-state index < -0.39 is 21.9 Å². The first-order valence-corrected chi connectivity index (χ1v) is 15.9. The van der Waals surface area contributed by atoms with E-state index >= 15 is 0 Å². The lowest BCUT2D eigenvalue weighted by Crippen LogP contribution is -2.52. The molecule has 1 N–H and O–H groups in total. The molecule has 3 aromatic rings. The van der Waals surface area contributed by atoms with Crippen LogP contribution in [0.5, 0.6) is 5.75 Å². The molecule has 10 heteroatoms. The molecule has 42 heavy (non-hydrogen) atoms. The summed E-state index contributed by atoms with van der Waals surface area (Å²) < 4.78 is 46.8. The maximum Gasteiger partial charge on any atom is 0.243 e. The molecule has 0 radical (unpaired) electrons. The molecule has 0 fully saturated rings. The molecule has 2 atom stereocenters. The van der Waals surface area contributed by atoms with E-state index in [1.807, 2.05) is 44.2 Å². The van der Waals surface area contributed by atoms with Crippen molar-refractivity contribution in [2.45, 2.75) is 58.2 Å². The van der Waals surface area contributed by atoms with Crippen molar-refractivity contribution in [1.29, 1.82) is 0 Å². The molecule has 0 bridgehead atoms. The van der Waals surface area contributed by atoms with Crippen LogP contribution in [0.4, 0.5) is 10.1 Å². The van der Waals surface area contributed by atoms with Crippen molar-refractivity contribution >= 4 is 27.5 Å². The SMILES string of the molecule is CCC(C)NC(=O)C(Cc1ccccc1)N(Cc1ccccc1F)C(=O)CCCN(c1ccccc1OC)S(C)(=O)=O. The van der Waals surface area contributed by atoms with Gasteiger partial charge in [-0.05, 0) is 43.5 Å². The van der Waals surface area contributed by atoms with Gasteiger partial charge < -0.3 is 15.0 Å². The minimum atomic E-state index is -3.70. The predicted molar refractivity (Wildman–Crippen MR) is 163 cm³/mol. The number of sulfonamides is 1. The van der Waals surface area contributed by atoms with Crippen molar-refractivity contribution in [1.82, 2.24) is 10.2 Å².